The Kier molecular flexibility index (Phi) is 6.90. The van der Waals surface area contributed by atoms with Gasteiger partial charge in [-0.15, -0.1) is 0 Å². The van der Waals surface area contributed by atoms with E-state index >= 15 is 0 Å². The molecule has 7 nitrogen and oxygen atoms in total. The largest absolute Gasteiger partial charge is 0.454 e. The Morgan fingerprint density at radius 3 is 2.30 bits per heavy atom. The van der Waals surface area contributed by atoms with E-state index in [4.69, 9.17) is 4.74 Å². The monoisotopic (exact) mass is 414 g/mol. The summed E-state index contributed by atoms with van der Waals surface area (Å²) in [5.74, 6) is -2.00. The molecule has 0 unspecified atom stereocenters. The number of hydrogen-bond donors (Lipinski definition) is 1. The number of carbonyl (C=O) groups excluding carboxylic acids is 4. The molecular formula is C23H30N2O5. The maximum absolute atomic E-state index is 12.9. The lowest BCUT2D eigenvalue weighted by atomic mass is 9.86. The molecule has 1 fully saturated rings. The van der Waals surface area contributed by atoms with Crippen LogP contribution < -0.4 is 5.32 Å². The number of ether oxygens (including phenoxy) is 1. The normalized spacial score (nSPS) is 23.0. The Labute approximate surface area is 177 Å². The molecule has 2 aliphatic rings. The van der Waals surface area contributed by atoms with Gasteiger partial charge in [0, 0.05) is 6.04 Å². The van der Waals surface area contributed by atoms with Gasteiger partial charge in [0.05, 0.1) is 11.1 Å². The lowest BCUT2D eigenvalue weighted by Crippen LogP contribution is -2.50. The summed E-state index contributed by atoms with van der Waals surface area (Å²) >= 11 is 0. The molecule has 0 saturated heterocycles. The lowest BCUT2D eigenvalue weighted by Gasteiger charge is -2.30. The quantitative estimate of drug-likeness (QED) is 0.547. The Balaban J connectivity index is 1.67. The molecule has 1 aromatic rings. The van der Waals surface area contributed by atoms with Crippen LogP contribution in [0, 0.1) is 11.8 Å². The zero-order valence-electron chi connectivity index (χ0n) is 17.8. The average molecular weight is 415 g/mol. The Bertz CT molecular complexity index is 802. The minimum atomic E-state index is -1.07. The van der Waals surface area contributed by atoms with Crippen molar-refractivity contribution in [3.63, 3.8) is 0 Å². The number of rotatable bonds is 7. The van der Waals surface area contributed by atoms with Crippen molar-refractivity contribution in [1.82, 2.24) is 10.2 Å². The van der Waals surface area contributed by atoms with Crippen molar-refractivity contribution in [1.29, 1.82) is 0 Å². The van der Waals surface area contributed by atoms with Crippen molar-refractivity contribution in [2.45, 2.75) is 65.0 Å². The fraction of sp³-hybridized carbons (Fsp3) is 0.565. The number of carbonyl (C=O) groups is 4. The van der Waals surface area contributed by atoms with E-state index in [1.54, 1.807) is 31.2 Å². The third-order valence-electron chi connectivity index (χ3n) is 6.33. The van der Waals surface area contributed by atoms with Gasteiger partial charge in [-0.2, -0.15) is 0 Å². The summed E-state index contributed by atoms with van der Waals surface area (Å²) in [5, 5.41) is 2.94. The van der Waals surface area contributed by atoms with Crippen LogP contribution in [-0.2, 0) is 14.3 Å². The van der Waals surface area contributed by atoms with Crippen LogP contribution >= 0.6 is 0 Å². The summed E-state index contributed by atoms with van der Waals surface area (Å²) in [5.41, 5.74) is 0.570. The molecule has 3 amide bonds. The van der Waals surface area contributed by atoms with Crippen LogP contribution in [0.15, 0.2) is 24.3 Å². The first-order valence-electron chi connectivity index (χ1n) is 10.8. The number of esters is 1. The maximum Gasteiger partial charge on any atom is 0.330 e. The van der Waals surface area contributed by atoms with Gasteiger partial charge in [-0.1, -0.05) is 52.2 Å². The van der Waals surface area contributed by atoms with Crippen molar-refractivity contribution in [3.8, 4) is 0 Å². The number of imide groups is 1. The summed E-state index contributed by atoms with van der Waals surface area (Å²) < 4.78 is 5.28. The summed E-state index contributed by atoms with van der Waals surface area (Å²) in [6.07, 6.45) is 4.80. The van der Waals surface area contributed by atoms with E-state index in [2.05, 4.69) is 12.2 Å². The Morgan fingerprint density at radius 2 is 1.73 bits per heavy atom. The summed E-state index contributed by atoms with van der Waals surface area (Å²) in [6.45, 7) is 5.36. The molecule has 4 atom stereocenters. The number of nitrogens with one attached hydrogen (secondary N) is 1. The minimum Gasteiger partial charge on any atom is -0.454 e. The van der Waals surface area contributed by atoms with E-state index < -0.39 is 30.4 Å². The molecule has 162 valence electrons. The summed E-state index contributed by atoms with van der Waals surface area (Å²) in [4.78, 5) is 51.8. The molecule has 1 saturated carbocycles. The van der Waals surface area contributed by atoms with Gasteiger partial charge in [-0.05, 0) is 36.8 Å². The highest BCUT2D eigenvalue weighted by Crippen LogP contribution is 2.29. The number of hydrogen-bond acceptors (Lipinski definition) is 5. The van der Waals surface area contributed by atoms with Crippen LogP contribution in [-0.4, -0.2) is 47.3 Å². The van der Waals surface area contributed by atoms with Gasteiger partial charge in [-0.3, -0.25) is 19.3 Å². The van der Waals surface area contributed by atoms with Gasteiger partial charge < -0.3 is 10.1 Å². The molecule has 0 radical (unpaired) electrons. The molecule has 1 heterocycles. The second-order valence-electron chi connectivity index (χ2n) is 8.40. The van der Waals surface area contributed by atoms with Crippen LogP contribution in [0.25, 0.3) is 0 Å². The predicted molar refractivity (Wildman–Crippen MR) is 111 cm³/mol. The van der Waals surface area contributed by atoms with Crippen molar-refractivity contribution in [2.24, 2.45) is 11.8 Å². The molecular weight excluding hydrogens is 384 g/mol. The van der Waals surface area contributed by atoms with Crippen LogP contribution in [0.1, 0.15) is 73.6 Å². The highest BCUT2D eigenvalue weighted by molar-refractivity contribution is 6.22. The second kappa shape index (κ2) is 9.41. The predicted octanol–water partition coefficient (Wildman–Crippen LogP) is 2.94. The third kappa shape index (κ3) is 4.40. The molecule has 0 bridgehead atoms. The molecule has 30 heavy (non-hydrogen) atoms. The molecule has 1 aliphatic carbocycles. The molecule has 7 heteroatoms. The van der Waals surface area contributed by atoms with Crippen LogP contribution in [0.2, 0.25) is 0 Å². The van der Waals surface area contributed by atoms with Gasteiger partial charge >= 0.3 is 5.97 Å². The first kappa shape index (κ1) is 22.0. The Hall–Kier alpha value is -2.70. The smallest absolute Gasteiger partial charge is 0.330 e. The molecule has 0 spiro atoms. The maximum atomic E-state index is 12.9. The van der Waals surface area contributed by atoms with Gasteiger partial charge in [0.25, 0.3) is 17.7 Å². The van der Waals surface area contributed by atoms with Crippen molar-refractivity contribution < 1.29 is 23.9 Å². The van der Waals surface area contributed by atoms with Crippen molar-refractivity contribution >= 4 is 23.7 Å². The van der Waals surface area contributed by atoms with Crippen molar-refractivity contribution in [2.75, 3.05) is 6.61 Å². The standard InChI is InChI=1S/C23H30N2O5/c1-4-14(2)20(25-21(27)16-10-6-7-11-17(16)22(25)28)23(29)30-13-19(26)24-18-12-8-5-9-15(18)3/h6-7,10-11,14-15,18,20H,4-5,8-9,12-13H2,1-3H3,(H,24,26)/t14-,15+,18-,20-/m0/s1. The number of benzene rings is 1. The number of amides is 3. The summed E-state index contributed by atoms with van der Waals surface area (Å²) in [6, 6.07) is 5.54. The van der Waals surface area contributed by atoms with Gasteiger partial charge in [0.2, 0.25) is 0 Å². The highest BCUT2D eigenvalue weighted by atomic mass is 16.5. The van der Waals surface area contributed by atoms with E-state index in [0.717, 1.165) is 24.2 Å². The molecule has 1 aliphatic heterocycles. The van der Waals surface area contributed by atoms with E-state index in [9.17, 15) is 19.2 Å². The second-order valence-corrected chi connectivity index (χ2v) is 8.40. The van der Waals surface area contributed by atoms with Gasteiger partial charge in [0.1, 0.15) is 6.04 Å². The third-order valence-corrected chi connectivity index (χ3v) is 6.33. The number of nitrogens with zero attached hydrogens (tertiary/aromatic N) is 1. The molecule has 1 aromatic carbocycles. The van der Waals surface area contributed by atoms with E-state index in [0.29, 0.717) is 12.3 Å². The fourth-order valence-corrected chi connectivity index (χ4v) is 4.28. The lowest BCUT2D eigenvalue weighted by molar-refractivity contribution is -0.154. The fourth-order valence-electron chi connectivity index (χ4n) is 4.28. The first-order chi connectivity index (χ1) is 14.3. The average Bonchev–Trinajstić information content (AvgIpc) is 2.99. The summed E-state index contributed by atoms with van der Waals surface area (Å²) in [7, 11) is 0. The SMILES string of the molecule is CC[C@H](C)[C@@H](C(=O)OCC(=O)N[C@H]1CCCC[C@H]1C)N1C(=O)c2ccccc2C1=O. The molecule has 1 N–H and O–H groups in total. The molecule has 3 rings (SSSR count). The highest BCUT2D eigenvalue weighted by Gasteiger charge is 2.45. The van der Waals surface area contributed by atoms with E-state index in [1.165, 1.54) is 6.42 Å². The Morgan fingerprint density at radius 1 is 1.13 bits per heavy atom. The van der Waals surface area contributed by atoms with Crippen LogP contribution in [0.4, 0.5) is 0 Å². The van der Waals surface area contributed by atoms with Gasteiger partial charge in [-0.25, -0.2) is 4.79 Å². The van der Waals surface area contributed by atoms with Gasteiger partial charge in [0.15, 0.2) is 6.61 Å². The van der Waals surface area contributed by atoms with E-state index in [-0.39, 0.29) is 29.0 Å². The minimum absolute atomic E-state index is 0.0894. The van der Waals surface area contributed by atoms with Crippen LogP contribution in [0.5, 0.6) is 0 Å². The zero-order valence-corrected chi connectivity index (χ0v) is 17.8. The van der Waals surface area contributed by atoms with E-state index in [1.807, 2.05) is 6.92 Å². The van der Waals surface area contributed by atoms with Crippen molar-refractivity contribution in [3.05, 3.63) is 35.4 Å². The zero-order chi connectivity index (χ0) is 21.8. The first-order valence-corrected chi connectivity index (χ1v) is 10.8. The van der Waals surface area contributed by atoms with Crippen LogP contribution in [0.3, 0.4) is 0 Å². The number of fused-ring (bicyclic) bond motifs is 1. The topological polar surface area (TPSA) is 92.8 Å². The molecule has 0 aromatic heterocycles.